The van der Waals surface area contributed by atoms with Crippen molar-refractivity contribution in [3.63, 3.8) is 0 Å². The molecule has 6 heteroatoms. The number of hydrogen-bond donors (Lipinski definition) is 0. The van der Waals surface area contributed by atoms with E-state index in [4.69, 9.17) is 9.47 Å². The van der Waals surface area contributed by atoms with Crippen LogP contribution in [-0.4, -0.2) is 29.7 Å². The Kier molecular flexibility index (Phi) is 11.4. The number of aromatic nitrogens is 1. The number of fused-ring (bicyclic) bond motifs is 1. The van der Waals surface area contributed by atoms with Crippen LogP contribution in [0.1, 0.15) is 89.8 Å². The average molecular weight is 554 g/mol. The highest BCUT2D eigenvalue weighted by atomic mass is 19.3. The average Bonchev–Trinajstić information content (AvgIpc) is 3.28. The van der Waals surface area contributed by atoms with Crippen LogP contribution in [0, 0.1) is 6.92 Å². The maximum absolute atomic E-state index is 14.3. The van der Waals surface area contributed by atoms with Gasteiger partial charge in [-0.3, -0.25) is 0 Å². The summed E-state index contributed by atoms with van der Waals surface area (Å²) in [5.41, 5.74) is 6.39. The highest BCUT2D eigenvalue weighted by molar-refractivity contribution is 5.89. The molecule has 0 saturated heterocycles. The van der Waals surface area contributed by atoms with Crippen LogP contribution in [0.5, 0.6) is 5.75 Å². The molecule has 0 radical (unpaired) electrons. The minimum absolute atomic E-state index is 0.0299. The molecule has 3 aromatic rings. The zero-order valence-corrected chi connectivity index (χ0v) is 24.8. The number of ether oxygens (including phenoxy) is 2. The lowest BCUT2D eigenvalue weighted by atomic mass is 9.99. The number of benzene rings is 2. The first-order valence-electron chi connectivity index (χ1n) is 14.6. The van der Waals surface area contributed by atoms with Crippen LogP contribution in [0.4, 0.5) is 8.78 Å². The van der Waals surface area contributed by atoms with E-state index in [-0.39, 0.29) is 50.5 Å². The quantitative estimate of drug-likeness (QED) is 0.101. The van der Waals surface area contributed by atoms with Gasteiger partial charge in [-0.05, 0) is 82.7 Å². The summed E-state index contributed by atoms with van der Waals surface area (Å²) in [6.45, 7) is 13.9. The number of nitrogens with zero attached hydrogens (tertiary/aromatic N) is 1. The van der Waals surface area contributed by atoms with E-state index >= 15 is 0 Å². The van der Waals surface area contributed by atoms with Gasteiger partial charge in [0.15, 0.2) is 0 Å². The summed E-state index contributed by atoms with van der Waals surface area (Å²) in [4.78, 5) is 11.4. The molecule has 40 heavy (non-hydrogen) atoms. The number of halogens is 2. The highest BCUT2D eigenvalue weighted by Crippen LogP contribution is 2.35. The van der Waals surface area contributed by atoms with Crippen molar-refractivity contribution < 1.29 is 23.0 Å². The summed E-state index contributed by atoms with van der Waals surface area (Å²) in [6.07, 6.45) is 4.55. The first-order chi connectivity index (χ1) is 19.0. The Morgan fingerprint density at radius 1 is 1.00 bits per heavy atom. The third-order valence-corrected chi connectivity index (χ3v) is 7.19. The van der Waals surface area contributed by atoms with Gasteiger partial charge in [0.25, 0.3) is 0 Å². The minimum atomic E-state index is -2.83. The molecule has 0 unspecified atom stereocenters. The molecule has 0 saturated carbocycles. The molecule has 0 bridgehead atoms. The summed E-state index contributed by atoms with van der Waals surface area (Å²) < 4.78 is 41.7. The second-order valence-corrected chi connectivity index (χ2v) is 11.1. The molecule has 0 aliphatic rings. The zero-order chi connectivity index (χ0) is 29.3. The number of carbonyl (C=O) groups is 1. The van der Waals surface area contributed by atoms with Gasteiger partial charge in [-0.25, -0.2) is 13.6 Å². The Morgan fingerprint density at radius 2 is 1.73 bits per heavy atom. The molecule has 0 spiro atoms. The second kappa shape index (κ2) is 14.5. The molecule has 0 N–H and O–H groups in total. The predicted molar refractivity (Wildman–Crippen MR) is 160 cm³/mol. The van der Waals surface area contributed by atoms with Crippen LogP contribution in [0.25, 0.3) is 22.2 Å². The molecule has 4 nitrogen and oxygen atoms in total. The maximum Gasteiger partial charge on any atom is 0.333 e. The first-order valence-corrected chi connectivity index (χ1v) is 14.6. The molecule has 0 aliphatic heterocycles. The van der Waals surface area contributed by atoms with Crippen LogP contribution in [0.2, 0.25) is 0 Å². The van der Waals surface area contributed by atoms with Gasteiger partial charge in [0.05, 0.1) is 18.7 Å². The monoisotopic (exact) mass is 553 g/mol. The number of carbonyl (C=O) groups excluding carboxylic acids is 1. The van der Waals surface area contributed by atoms with Gasteiger partial charge >= 0.3 is 5.97 Å². The smallest absolute Gasteiger partial charge is 0.333 e. The van der Waals surface area contributed by atoms with E-state index in [1.165, 1.54) is 48.6 Å². The summed E-state index contributed by atoms with van der Waals surface area (Å²) in [7, 11) is 0. The molecule has 0 amide bonds. The van der Waals surface area contributed by atoms with Gasteiger partial charge < -0.3 is 14.0 Å². The van der Waals surface area contributed by atoms with E-state index < -0.39 is 11.9 Å². The number of alkyl halides is 2. The molecule has 218 valence electrons. The van der Waals surface area contributed by atoms with Crippen molar-refractivity contribution in [3.8, 4) is 17.0 Å². The van der Waals surface area contributed by atoms with Crippen LogP contribution in [-0.2, 0) is 16.0 Å². The summed E-state index contributed by atoms with van der Waals surface area (Å²) in [5.74, 6) is -2.69. The van der Waals surface area contributed by atoms with Gasteiger partial charge in [-0.1, -0.05) is 44.5 Å². The third-order valence-electron chi connectivity index (χ3n) is 7.19. The number of unbranched alkanes of at least 4 members (excludes halogenated alkanes) is 2. The number of rotatable bonds is 16. The molecule has 3 rings (SSSR count). The van der Waals surface area contributed by atoms with Crippen molar-refractivity contribution >= 4 is 16.9 Å². The van der Waals surface area contributed by atoms with Crippen molar-refractivity contribution in [2.24, 2.45) is 0 Å². The van der Waals surface area contributed by atoms with Gasteiger partial charge in [0, 0.05) is 47.2 Å². The van der Waals surface area contributed by atoms with E-state index in [0.29, 0.717) is 5.75 Å². The van der Waals surface area contributed by atoms with Crippen molar-refractivity contribution in [1.82, 2.24) is 4.57 Å². The van der Waals surface area contributed by atoms with E-state index in [9.17, 15) is 13.6 Å². The number of aryl methyl sites for hydroxylation is 2. The number of hydrogen-bond acceptors (Lipinski definition) is 3. The summed E-state index contributed by atoms with van der Waals surface area (Å²) in [5, 5.41) is 1.13. The largest absolute Gasteiger partial charge is 0.494 e. The Morgan fingerprint density at radius 3 is 2.38 bits per heavy atom. The Hall–Kier alpha value is -3.15. The van der Waals surface area contributed by atoms with E-state index in [1.807, 2.05) is 18.2 Å². The summed E-state index contributed by atoms with van der Waals surface area (Å²) in [6, 6.07) is 15.2. The van der Waals surface area contributed by atoms with Crippen LogP contribution >= 0.6 is 0 Å². The Labute approximate surface area is 238 Å². The van der Waals surface area contributed by atoms with Gasteiger partial charge in [-0.2, -0.15) is 0 Å². The van der Waals surface area contributed by atoms with Crippen molar-refractivity contribution in [2.45, 2.75) is 97.9 Å². The van der Waals surface area contributed by atoms with E-state index in [2.05, 4.69) is 63.1 Å². The lowest BCUT2D eigenvalue weighted by Crippen LogP contribution is -2.18. The van der Waals surface area contributed by atoms with Gasteiger partial charge in [0.1, 0.15) is 5.75 Å². The van der Waals surface area contributed by atoms with Crippen LogP contribution in [0.15, 0.2) is 54.6 Å². The van der Waals surface area contributed by atoms with Gasteiger partial charge in [0.2, 0.25) is 5.92 Å². The van der Waals surface area contributed by atoms with Gasteiger partial charge in [-0.15, -0.1) is 0 Å². The van der Waals surface area contributed by atoms with E-state index in [1.54, 1.807) is 0 Å². The summed E-state index contributed by atoms with van der Waals surface area (Å²) >= 11 is 0. The molecule has 2 aromatic carbocycles. The fourth-order valence-corrected chi connectivity index (χ4v) is 5.07. The highest BCUT2D eigenvalue weighted by Gasteiger charge is 2.27. The third kappa shape index (κ3) is 8.67. The molecular formula is C34H45F2NO3. The lowest BCUT2D eigenvalue weighted by molar-refractivity contribution is -0.139. The predicted octanol–water partition coefficient (Wildman–Crippen LogP) is 9.62. The normalized spacial score (nSPS) is 11.8. The SMILES string of the molecule is C=C(C)C(=O)OCCCC(F)(F)CCCOc1ccc2cc(-c3ccc(CCCCC)cc3C)n(C(C)C)c2c1. The van der Waals surface area contributed by atoms with Crippen molar-refractivity contribution in [2.75, 3.05) is 13.2 Å². The topological polar surface area (TPSA) is 40.5 Å². The molecule has 1 aromatic heterocycles. The van der Waals surface area contributed by atoms with Crippen LogP contribution in [0.3, 0.4) is 0 Å². The Balaban J connectivity index is 1.63. The van der Waals surface area contributed by atoms with Crippen LogP contribution < -0.4 is 4.74 Å². The molecular weight excluding hydrogens is 508 g/mol. The second-order valence-electron chi connectivity index (χ2n) is 11.1. The fourth-order valence-electron chi connectivity index (χ4n) is 5.07. The van der Waals surface area contributed by atoms with Crippen molar-refractivity contribution in [3.05, 3.63) is 65.7 Å². The lowest BCUT2D eigenvalue weighted by Gasteiger charge is -2.18. The van der Waals surface area contributed by atoms with E-state index in [0.717, 1.165) is 17.3 Å². The number of esters is 1. The first kappa shape index (κ1) is 31.4. The molecule has 0 fully saturated rings. The minimum Gasteiger partial charge on any atom is -0.494 e. The molecule has 1 heterocycles. The maximum atomic E-state index is 14.3. The van der Waals surface area contributed by atoms with Crippen molar-refractivity contribution in [1.29, 1.82) is 0 Å². The Bertz CT molecular complexity index is 1290. The fraction of sp³-hybridized carbons (Fsp3) is 0.500. The standard InChI is InChI=1S/C34H45F2NO3/c1-7-8-9-12-27-13-16-30(26(6)21-27)32-22-28-14-15-29(23-31(28)37(32)25(4)5)39-19-10-17-34(35,36)18-11-20-40-33(38)24(2)3/h13-16,21-23,25H,2,7-12,17-20H2,1,3-6H3. The molecule has 0 atom stereocenters. The molecule has 0 aliphatic carbocycles. The zero-order valence-electron chi connectivity index (χ0n) is 24.8.